The lowest BCUT2D eigenvalue weighted by Gasteiger charge is -2.30. The zero-order chi connectivity index (χ0) is 18.1. The van der Waals surface area contributed by atoms with Crippen molar-refractivity contribution in [2.75, 3.05) is 6.54 Å². The van der Waals surface area contributed by atoms with Crippen LogP contribution in [-0.2, 0) is 24.4 Å². The number of hydrogen-bond donors (Lipinski definition) is 1. The van der Waals surface area contributed by atoms with Gasteiger partial charge in [-0.3, -0.25) is 14.3 Å². The molecule has 2 amide bonds. The van der Waals surface area contributed by atoms with E-state index in [9.17, 15) is 9.59 Å². The second-order valence-electron chi connectivity index (χ2n) is 7.03. The average molecular weight is 357 g/mol. The molecule has 8 heteroatoms. The number of nitrogens with one attached hydrogen (secondary N) is 1. The van der Waals surface area contributed by atoms with Crippen molar-refractivity contribution in [1.29, 1.82) is 0 Å². The van der Waals surface area contributed by atoms with E-state index in [1.54, 1.807) is 6.92 Å². The molecule has 3 heterocycles. The topological polar surface area (TPSA) is 93.3 Å². The van der Waals surface area contributed by atoms with E-state index >= 15 is 0 Å². The molecule has 1 aliphatic carbocycles. The van der Waals surface area contributed by atoms with Gasteiger partial charge in [0.05, 0.1) is 24.5 Å². The number of aromatic nitrogens is 3. The van der Waals surface area contributed by atoms with Crippen LogP contribution < -0.4 is 5.32 Å². The van der Waals surface area contributed by atoms with Crippen molar-refractivity contribution in [3.63, 3.8) is 0 Å². The van der Waals surface area contributed by atoms with Crippen LogP contribution in [0.3, 0.4) is 0 Å². The summed E-state index contributed by atoms with van der Waals surface area (Å²) in [4.78, 5) is 30.6. The van der Waals surface area contributed by atoms with Gasteiger partial charge in [-0.1, -0.05) is 6.42 Å². The highest BCUT2D eigenvalue weighted by Crippen LogP contribution is 2.29. The average Bonchev–Trinajstić information content (AvgIpc) is 3.11. The van der Waals surface area contributed by atoms with Gasteiger partial charge in [0.1, 0.15) is 5.76 Å². The van der Waals surface area contributed by atoms with Crippen LogP contribution in [0.1, 0.15) is 53.3 Å². The zero-order valence-electron chi connectivity index (χ0n) is 14.9. The minimum absolute atomic E-state index is 0.217. The summed E-state index contributed by atoms with van der Waals surface area (Å²) in [6, 6.07) is 1.97. The number of fused-ring (bicyclic) bond motifs is 1. The summed E-state index contributed by atoms with van der Waals surface area (Å²) in [5.74, 6) is 0.714. The third-order valence-corrected chi connectivity index (χ3v) is 5.22. The molecule has 2 aromatic heterocycles. The SMILES string of the molecule is Cc1ocnc1C(=O)NCc1cc2n(n1)CCCN(C(=O)C1CCC1)C2. The first-order chi connectivity index (χ1) is 12.6. The van der Waals surface area contributed by atoms with E-state index in [0.717, 1.165) is 50.2 Å². The number of carbonyl (C=O) groups excluding carboxylic acids is 2. The Labute approximate surface area is 151 Å². The smallest absolute Gasteiger partial charge is 0.273 e. The molecule has 1 N–H and O–H groups in total. The maximum atomic E-state index is 12.6. The monoisotopic (exact) mass is 357 g/mol. The number of nitrogens with zero attached hydrogens (tertiary/aromatic N) is 4. The Hall–Kier alpha value is -2.64. The van der Waals surface area contributed by atoms with Crippen LogP contribution >= 0.6 is 0 Å². The van der Waals surface area contributed by atoms with Crippen LogP contribution in [0.4, 0.5) is 0 Å². The van der Waals surface area contributed by atoms with Crippen molar-refractivity contribution in [3.8, 4) is 0 Å². The third-order valence-electron chi connectivity index (χ3n) is 5.22. The van der Waals surface area contributed by atoms with Gasteiger partial charge in [-0.15, -0.1) is 0 Å². The number of hydrogen-bond acceptors (Lipinski definition) is 5. The van der Waals surface area contributed by atoms with E-state index in [2.05, 4.69) is 15.4 Å². The van der Waals surface area contributed by atoms with E-state index in [1.807, 2.05) is 15.6 Å². The first-order valence-corrected chi connectivity index (χ1v) is 9.14. The Kier molecular flexibility index (Phi) is 4.48. The van der Waals surface area contributed by atoms with Gasteiger partial charge in [0.2, 0.25) is 5.91 Å². The highest BCUT2D eigenvalue weighted by molar-refractivity contribution is 5.92. The molecule has 0 aromatic carbocycles. The highest BCUT2D eigenvalue weighted by Gasteiger charge is 2.30. The number of aryl methyl sites for hydroxylation is 2. The molecule has 1 fully saturated rings. The van der Waals surface area contributed by atoms with Crippen molar-refractivity contribution in [1.82, 2.24) is 25.0 Å². The molecular weight excluding hydrogens is 334 g/mol. The largest absolute Gasteiger partial charge is 0.448 e. The lowest BCUT2D eigenvalue weighted by atomic mass is 9.84. The molecule has 0 saturated heterocycles. The minimum Gasteiger partial charge on any atom is -0.448 e. The molecule has 4 rings (SSSR count). The van der Waals surface area contributed by atoms with Crippen LogP contribution in [-0.4, -0.2) is 38.0 Å². The van der Waals surface area contributed by atoms with Crippen LogP contribution in [0.15, 0.2) is 16.9 Å². The van der Waals surface area contributed by atoms with Gasteiger partial charge in [0, 0.05) is 19.0 Å². The second-order valence-corrected chi connectivity index (χ2v) is 7.03. The van der Waals surface area contributed by atoms with Gasteiger partial charge >= 0.3 is 0 Å². The van der Waals surface area contributed by atoms with Crippen LogP contribution in [0.2, 0.25) is 0 Å². The molecule has 2 aromatic rings. The van der Waals surface area contributed by atoms with Crippen LogP contribution in [0.25, 0.3) is 0 Å². The Bertz CT molecular complexity index is 821. The normalized spacial score (nSPS) is 17.3. The van der Waals surface area contributed by atoms with Crippen LogP contribution in [0, 0.1) is 12.8 Å². The Morgan fingerprint density at radius 1 is 1.31 bits per heavy atom. The summed E-state index contributed by atoms with van der Waals surface area (Å²) in [6.45, 7) is 4.20. The van der Waals surface area contributed by atoms with Crippen LogP contribution in [0.5, 0.6) is 0 Å². The third kappa shape index (κ3) is 3.23. The first kappa shape index (κ1) is 16.8. The van der Waals surface area contributed by atoms with Crippen molar-refractivity contribution >= 4 is 11.8 Å². The lowest BCUT2D eigenvalue weighted by Crippen LogP contribution is -2.38. The van der Waals surface area contributed by atoms with Crippen molar-refractivity contribution in [3.05, 3.63) is 35.3 Å². The molecule has 1 aliphatic heterocycles. The van der Waals surface area contributed by atoms with Gasteiger partial charge in [0.25, 0.3) is 5.91 Å². The fourth-order valence-corrected chi connectivity index (χ4v) is 3.49. The Morgan fingerprint density at radius 2 is 2.15 bits per heavy atom. The van der Waals surface area contributed by atoms with Gasteiger partial charge in [-0.2, -0.15) is 5.10 Å². The van der Waals surface area contributed by atoms with E-state index in [0.29, 0.717) is 24.5 Å². The minimum atomic E-state index is -0.277. The van der Waals surface area contributed by atoms with Crippen molar-refractivity contribution in [2.45, 2.75) is 52.2 Å². The summed E-state index contributed by atoms with van der Waals surface area (Å²) in [5.41, 5.74) is 2.10. The maximum absolute atomic E-state index is 12.6. The lowest BCUT2D eigenvalue weighted by molar-refractivity contribution is -0.138. The molecule has 0 radical (unpaired) electrons. The number of oxazole rings is 1. The molecule has 0 spiro atoms. The summed E-state index contributed by atoms with van der Waals surface area (Å²) < 4.78 is 7.01. The molecule has 0 atom stereocenters. The quantitative estimate of drug-likeness (QED) is 0.898. The number of rotatable bonds is 4. The molecule has 138 valence electrons. The molecule has 2 aliphatic rings. The predicted octanol–water partition coefficient (Wildman–Crippen LogP) is 1.64. The first-order valence-electron chi connectivity index (χ1n) is 9.14. The number of carbonyl (C=O) groups is 2. The van der Waals surface area contributed by atoms with Crippen molar-refractivity contribution in [2.24, 2.45) is 5.92 Å². The summed E-state index contributed by atoms with van der Waals surface area (Å²) in [5, 5.41) is 7.40. The van der Waals surface area contributed by atoms with E-state index < -0.39 is 0 Å². The molecule has 0 bridgehead atoms. The number of amides is 2. The van der Waals surface area contributed by atoms with Gasteiger partial charge in [-0.25, -0.2) is 4.98 Å². The van der Waals surface area contributed by atoms with Gasteiger partial charge in [-0.05, 0) is 32.3 Å². The highest BCUT2D eigenvalue weighted by atomic mass is 16.3. The van der Waals surface area contributed by atoms with E-state index in [-0.39, 0.29) is 17.7 Å². The predicted molar refractivity (Wildman–Crippen MR) is 92.0 cm³/mol. The summed E-state index contributed by atoms with van der Waals surface area (Å²) in [7, 11) is 0. The Morgan fingerprint density at radius 3 is 2.85 bits per heavy atom. The molecule has 26 heavy (non-hydrogen) atoms. The fraction of sp³-hybridized carbons (Fsp3) is 0.556. The van der Waals surface area contributed by atoms with Crippen molar-refractivity contribution < 1.29 is 14.0 Å². The van der Waals surface area contributed by atoms with E-state index in [4.69, 9.17) is 4.42 Å². The molecule has 0 unspecified atom stereocenters. The summed E-state index contributed by atoms with van der Waals surface area (Å²) in [6.07, 6.45) is 5.37. The molecule has 8 nitrogen and oxygen atoms in total. The van der Waals surface area contributed by atoms with E-state index in [1.165, 1.54) is 6.39 Å². The standard InChI is InChI=1S/C18H23N5O3/c1-12-16(20-11-26-12)17(24)19-9-14-8-15-10-22(6-3-7-23(15)21-14)18(25)13-4-2-5-13/h8,11,13H,2-7,9-10H2,1H3,(H,19,24). The molecule has 1 saturated carbocycles. The maximum Gasteiger partial charge on any atom is 0.273 e. The Balaban J connectivity index is 1.40. The zero-order valence-corrected chi connectivity index (χ0v) is 14.9. The van der Waals surface area contributed by atoms with Gasteiger partial charge in [0.15, 0.2) is 12.1 Å². The fourth-order valence-electron chi connectivity index (χ4n) is 3.49. The molecular formula is C18H23N5O3. The summed E-state index contributed by atoms with van der Waals surface area (Å²) >= 11 is 0. The van der Waals surface area contributed by atoms with Gasteiger partial charge < -0.3 is 14.6 Å². The second kappa shape index (κ2) is 6.93.